The topological polar surface area (TPSA) is 59.2 Å². The molecule has 0 amide bonds. The molecule has 0 fully saturated rings. The first-order chi connectivity index (χ1) is 9.65. The third-order valence-electron chi connectivity index (χ3n) is 3.56. The van der Waals surface area contributed by atoms with Gasteiger partial charge in [-0.25, -0.2) is 0 Å². The molecule has 4 heteroatoms. The van der Waals surface area contributed by atoms with E-state index in [4.69, 9.17) is 4.52 Å². The first-order valence-corrected chi connectivity index (χ1v) is 6.66. The van der Waals surface area contributed by atoms with Crippen LogP contribution in [0, 0.1) is 0 Å². The molecule has 102 valence electrons. The maximum Gasteiger partial charge on any atom is 0.232 e. The molecule has 2 aromatic carbocycles. The summed E-state index contributed by atoms with van der Waals surface area (Å²) in [5, 5.41) is 15.9. The molecule has 20 heavy (non-hydrogen) atoms. The van der Waals surface area contributed by atoms with Crippen LogP contribution in [0.4, 0.5) is 0 Å². The average Bonchev–Trinajstić information content (AvgIpc) is 2.95. The van der Waals surface area contributed by atoms with Crippen LogP contribution in [-0.4, -0.2) is 21.4 Å². The van der Waals surface area contributed by atoms with Crippen molar-refractivity contribution < 1.29 is 9.63 Å². The molecule has 0 saturated carbocycles. The summed E-state index contributed by atoms with van der Waals surface area (Å²) in [5.74, 6) is 0.845. The molecule has 0 bridgehead atoms. The van der Waals surface area contributed by atoms with E-state index in [1.807, 2.05) is 37.3 Å². The summed E-state index contributed by atoms with van der Waals surface area (Å²) in [6.07, 6.45) is -0.514. The average molecular weight is 268 g/mol. The number of fused-ring (bicyclic) bond motifs is 1. The third-order valence-corrected chi connectivity index (χ3v) is 3.56. The monoisotopic (exact) mass is 268 g/mol. The first kappa shape index (κ1) is 12.8. The van der Waals surface area contributed by atoms with Crippen molar-refractivity contribution in [3.05, 3.63) is 48.4 Å². The molecule has 0 spiro atoms. The van der Waals surface area contributed by atoms with E-state index in [0.717, 1.165) is 10.9 Å². The van der Waals surface area contributed by atoms with E-state index in [9.17, 15) is 5.11 Å². The predicted octanol–water partition coefficient (Wildman–Crippen LogP) is 3.37. The predicted molar refractivity (Wildman–Crippen MR) is 77.3 cm³/mol. The van der Waals surface area contributed by atoms with Crippen LogP contribution in [0.3, 0.4) is 0 Å². The highest BCUT2D eigenvalue weighted by molar-refractivity contribution is 5.86. The fourth-order valence-electron chi connectivity index (χ4n) is 2.07. The smallest absolute Gasteiger partial charge is 0.232 e. The summed E-state index contributed by atoms with van der Waals surface area (Å²) in [7, 11) is 0. The number of rotatable bonds is 3. The Bertz CT molecular complexity index is 734. The lowest BCUT2D eigenvalue weighted by atomic mass is 10.1. The van der Waals surface area contributed by atoms with Crippen LogP contribution >= 0.6 is 0 Å². The molecule has 1 aromatic heterocycles. The van der Waals surface area contributed by atoms with Gasteiger partial charge in [0, 0.05) is 5.56 Å². The van der Waals surface area contributed by atoms with E-state index in [-0.39, 0.29) is 5.92 Å². The Labute approximate surface area is 117 Å². The van der Waals surface area contributed by atoms with Crippen molar-refractivity contribution in [2.45, 2.75) is 25.9 Å². The highest BCUT2D eigenvalue weighted by Crippen LogP contribution is 2.24. The van der Waals surface area contributed by atoms with E-state index in [1.54, 1.807) is 6.92 Å². The largest absolute Gasteiger partial charge is 0.393 e. The molecule has 0 aliphatic rings. The second-order valence-corrected chi connectivity index (χ2v) is 5.05. The number of hydrogen-bond donors (Lipinski definition) is 1. The zero-order valence-electron chi connectivity index (χ0n) is 11.4. The minimum Gasteiger partial charge on any atom is -0.393 e. The van der Waals surface area contributed by atoms with Crippen LogP contribution in [0.1, 0.15) is 25.7 Å². The van der Waals surface area contributed by atoms with E-state index in [1.165, 1.54) is 5.39 Å². The molecule has 3 aromatic rings. The number of aliphatic hydroxyl groups is 1. The second-order valence-electron chi connectivity index (χ2n) is 5.05. The lowest BCUT2D eigenvalue weighted by Crippen LogP contribution is -2.11. The molecule has 2 atom stereocenters. The van der Waals surface area contributed by atoms with Crippen LogP contribution in [0.5, 0.6) is 0 Å². The van der Waals surface area contributed by atoms with Crippen molar-refractivity contribution >= 4 is 10.8 Å². The van der Waals surface area contributed by atoms with Gasteiger partial charge >= 0.3 is 0 Å². The Morgan fingerprint density at radius 1 is 1.05 bits per heavy atom. The Balaban J connectivity index is 1.99. The van der Waals surface area contributed by atoms with Crippen LogP contribution in [-0.2, 0) is 0 Å². The van der Waals surface area contributed by atoms with Gasteiger partial charge in [0.1, 0.15) is 0 Å². The molecule has 0 aliphatic heterocycles. The van der Waals surface area contributed by atoms with Crippen LogP contribution < -0.4 is 0 Å². The molecular formula is C16H16N2O2. The SMILES string of the molecule is CC(O)C(C)c1nc(-c2ccc3ccccc3c2)no1. The van der Waals surface area contributed by atoms with Crippen LogP contribution in [0.15, 0.2) is 47.0 Å². The second kappa shape index (κ2) is 5.06. The molecule has 1 heterocycles. The quantitative estimate of drug-likeness (QED) is 0.791. The lowest BCUT2D eigenvalue weighted by Gasteiger charge is -2.08. The third kappa shape index (κ3) is 2.30. The lowest BCUT2D eigenvalue weighted by molar-refractivity contribution is 0.151. The molecule has 0 aliphatic carbocycles. The van der Waals surface area contributed by atoms with Gasteiger partial charge in [0.2, 0.25) is 11.7 Å². The van der Waals surface area contributed by atoms with Gasteiger partial charge in [-0.1, -0.05) is 48.5 Å². The zero-order chi connectivity index (χ0) is 14.1. The summed E-state index contributed by atoms with van der Waals surface area (Å²) < 4.78 is 5.23. The minimum atomic E-state index is -0.514. The Hall–Kier alpha value is -2.20. The van der Waals surface area contributed by atoms with E-state index >= 15 is 0 Å². The van der Waals surface area contributed by atoms with Crippen molar-refractivity contribution in [1.29, 1.82) is 0 Å². The summed E-state index contributed by atoms with van der Waals surface area (Å²) >= 11 is 0. The van der Waals surface area contributed by atoms with Crippen molar-refractivity contribution in [3.8, 4) is 11.4 Å². The van der Waals surface area contributed by atoms with Gasteiger partial charge < -0.3 is 9.63 Å². The molecule has 2 unspecified atom stereocenters. The Kier molecular flexibility index (Phi) is 3.24. The van der Waals surface area contributed by atoms with Gasteiger partial charge in [-0.3, -0.25) is 0 Å². The highest BCUT2D eigenvalue weighted by Gasteiger charge is 2.19. The van der Waals surface area contributed by atoms with Crippen molar-refractivity contribution in [2.75, 3.05) is 0 Å². The van der Waals surface area contributed by atoms with Gasteiger partial charge in [0.25, 0.3) is 0 Å². The van der Waals surface area contributed by atoms with Crippen LogP contribution in [0.25, 0.3) is 22.2 Å². The maximum absolute atomic E-state index is 9.57. The number of hydrogen-bond acceptors (Lipinski definition) is 4. The highest BCUT2D eigenvalue weighted by atomic mass is 16.5. The van der Waals surface area contributed by atoms with Crippen molar-refractivity contribution in [3.63, 3.8) is 0 Å². The molecule has 3 rings (SSSR count). The fraction of sp³-hybridized carbons (Fsp3) is 0.250. The Morgan fingerprint density at radius 2 is 1.80 bits per heavy atom. The van der Waals surface area contributed by atoms with Gasteiger partial charge in [0.05, 0.1) is 12.0 Å². The number of aromatic nitrogens is 2. The standard InChI is InChI=1S/C16H16N2O2/c1-10(11(2)19)16-17-15(18-20-16)14-8-7-12-5-3-4-6-13(12)9-14/h3-11,19H,1-2H3. The molecular weight excluding hydrogens is 252 g/mol. The molecule has 0 saturated heterocycles. The van der Waals surface area contributed by atoms with E-state index in [2.05, 4.69) is 22.3 Å². The molecule has 0 radical (unpaired) electrons. The molecule has 1 N–H and O–H groups in total. The van der Waals surface area contributed by atoms with Gasteiger partial charge in [-0.2, -0.15) is 4.98 Å². The van der Waals surface area contributed by atoms with Crippen LogP contribution in [0.2, 0.25) is 0 Å². The normalized spacial score (nSPS) is 14.3. The minimum absolute atomic E-state index is 0.170. The fourth-order valence-corrected chi connectivity index (χ4v) is 2.07. The first-order valence-electron chi connectivity index (χ1n) is 6.66. The number of benzene rings is 2. The van der Waals surface area contributed by atoms with E-state index in [0.29, 0.717) is 11.7 Å². The molecule has 4 nitrogen and oxygen atoms in total. The summed E-state index contributed by atoms with van der Waals surface area (Å²) in [5.41, 5.74) is 0.913. The van der Waals surface area contributed by atoms with Gasteiger partial charge in [-0.05, 0) is 23.8 Å². The van der Waals surface area contributed by atoms with Gasteiger partial charge in [0.15, 0.2) is 0 Å². The van der Waals surface area contributed by atoms with E-state index < -0.39 is 6.10 Å². The summed E-state index contributed by atoms with van der Waals surface area (Å²) in [6.45, 7) is 3.58. The van der Waals surface area contributed by atoms with Crippen molar-refractivity contribution in [1.82, 2.24) is 10.1 Å². The summed E-state index contributed by atoms with van der Waals surface area (Å²) in [4.78, 5) is 4.37. The van der Waals surface area contributed by atoms with Crippen molar-refractivity contribution in [2.24, 2.45) is 0 Å². The zero-order valence-corrected chi connectivity index (χ0v) is 11.4. The Morgan fingerprint density at radius 3 is 2.55 bits per heavy atom. The summed E-state index contributed by atoms with van der Waals surface area (Å²) in [6, 6.07) is 14.2. The van der Waals surface area contributed by atoms with Gasteiger partial charge in [-0.15, -0.1) is 0 Å². The number of nitrogens with zero attached hydrogens (tertiary/aromatic N) is 2. The maximum atomic E-state index is 9.57. The number of aliphatic hydroxyl groups excluding tert-OH is 1.